The summed E-state index contributed by atoms with van der Waals surface area (Å²) >= 11 is 0. The van der Waals surface area contributed by atoms with E-state index in [1.807, 2.05) is 0 Å². The van der Waals surface area contributed by atoms with Gasteiger partial charge in [0.25, 0.3) is 0 Å². The van der Waals surface area contributed by atoms with Gasteiger partial charge in [-0.15, -0.1) is 0 Å². The average molecular weight is 309 g/mol. The molecule has 0 aliphatic carbocycles. The van der Waals surface area contributed by atoms with Crippen LogP contribution in [0.2, 0.25) is 0 Å². The van der Waals surface area contributed by atoms with Crippen LogP contribution in [0.1, 0.15) is 12.5 Å². The first-order valence-corrected chi connectivity index (χ1v) is 5.88. The Balaban J connectivity index is 3.18. The highest BCUT2D eigenvalue weighted by Gasteiger charge is 2.40. The minimum atomic E-state index is -4.53. The molecule has 8 heteroatoms. The van der Waals surface area contributed by atoms with E-state index in [4.69, 9.17) is 4.74 Å². The molecule has 0 radical (unpaired) electrons. The van der Waals surface area contributed by atoms with Gasteiger partial charge in [-0.1, -0.05) is 6.07 Å². The number of hydrogen-bond donors (Lipinski definition) is 1. The molecule has 1 aromatic carbocycles. The molecule has 1 N–H and O–H groups in total. The quantitative estimate of drug-likeness (QED) is 0.670. The molecule has 1 aromatic rings. The molecule has 0 aliphatic heterocycles. The molecule has 0 heterocycles. The van der Waals surface area contributed by atoms with Crippen LogP contribution in [0.3, 0.4) is 0 Å². The first-order valence-electron chi connectivity index (χ1n) is 5.88. The Bertz CT molecular complexity index is 519. The van der Waals surface area contributed by atoms with E-state index >= 15 is 0 Å². The Morgan fingerprint density at radius 2 is 1.90 bits per heavy atom. The van der Waals surface area contributed by atoms with Gasteiger partial charge in [-0.3, -0.25) is 5.32 Å². The van der Waals surface area contributed by atoms with Gasteiger partial charge in [0.1, 0.15) is 5.54 Å². The van der Waals surface area contributed by atoms with E-state index in [1.165, 1.54) is 26.2 Å². The van der Waals surface area contributed by atoms with Crippen LogP contribution >= 0.6 is 0 Å². The molecule has 0 spiro atoms. The number of ether oxygens (including phenoxy) is 2. The second kappa shape index (κ2) is 6.30. The summed E-state index contributed by atoms with van der Waals surface area (Å²) in [5.74, 6) is -1.84. The van der Waals surface area contributed by atoms with E-state index in [0.29, 0.717) is 0 Å². The van der Waals surface area contributed by atoms with Crippen molar-refractivity contribution >= 4 is 5.97 Å². The second-order valence-corrected chi connectivity index (χ2v) is 4.43. The Morgan fingerprint density at radius 1 is 1.29 bits per heavy atom. The maximum atomic E-state index is 13.7. The van der Waals surface area contributed by atoms with Gasteiger partial charge in [-0.05, 0) is 24.6 Å². The zero-order valence-corrected chi connectivity index (χ0v) is 11.7. The number of halogens is 4. The molecular formula is C13H15F4NO3. The normalized spacial score (nSPS) is 14.4. The predicted octanol–water partition coefficient (Wildman–Crippen LogP) is 2.37. The SMILES string of the molecule is COC(=O)C(C)(NCC(F)(F)F)c1ccc(OC)c(F)c1. The summed E-state index contributed by atoms with van der Waals surface area (Å²) in [6.45, 7) is -0.238. The maximum Gasteiger partial charge on any atom is 0.401 e. The molecule has 1 rings (SSSR count). The molecule has 118 valence electrons. The third-order valence-electron chi connectivity index (χ3n) is 2.97. The second-order valence-electron chi connectivity index (χ2n) is 4.43. The van der Waals surface area contributed by atoms with Crippen molar-refractivity contribution in [1.29, 1.82) is 0 Å². The van der Waals surface area contributed by atoms with E-state index in [2.05, 4.69) is 10.1 Å². The van der Waals surface area contributed by atoms with E-state index in [-0.39, 0.29) is 11.3 Å². The molecule has 0 saturated heterocycles. The number of carbonyl (C=O) groups excluding carboxylic acids is 1. The minimum Gasteiger partial charge on any atom is -0.494 e. The van der Waals surface area contributed by atoms with E-state index in [9.17, 15) is 22.4 Å². The van der Waals surface area contributed by atoms with Crippen molar-refractivity contribution < 1.29 is 31.8 Å². The van der Waals surface area contributed by atoms with Crippen LogP contribution in [0.4, 0.5) is 17.6 Å². The van der Waals surface area contributed by atoms with Gasteiger partial charge in [-0.25, -0.2) is 9.18 Å². The lowest BCUT2D eigenvalue weighted by Gasteiger charge is -2.29. The highest BCUT2D eigenvalue weighted by Crippen LogP contribution is 2.28. The Hall–Kier alpha value is -1.83. The van der Waals surface area contributed by atoms with Crippen molar-refractivity contribution in [3.8, 4) is 5.75 Å². The van der Waals surface area contributed by atoms with Crippen LogP contribution in [0.15, 0.2) is 18.2 Å². The average Bonchev–Trinajstić information content (AvgIpc) is 2.42. The molecule has 4 nitrogen and oxygen atoms in total. The van der Waals surface area contributed by atoms with Gasteiger partial charge < -0.3 is 9.47 Å². The maximum absolute atomic E-state index is 13.7. The topological polar surface area (TPSA) is 47.6 Å². The predicted molar refractivity (Wildman–Crippen MR) is 66.4 cm³/mol. The monoisotopic (exact) mass is 309 g/mol. The zero-order valence-electron chi connectivity index (χ0n) is 11.7. The van der Waals surface area contributed by atoms with E-state index in [0.717, 1.165) is 13.2 Å². The van der Waals surface area contributed by atoms with Crippen molar-refractivity contribution in [3.05, 3.63) is 29.6 Å². The van der Waals surface area contributed by atoms with Crippen LogP contribution in [-0.4, -0.2) is 32.9 Å². The number of benzene rings is 1. The molecule has 0 bridgehead atoms. The first kappa shape index (κ1) is 17.2. The van der Waals surface area contributed by atoms with E-state index < -0.39 is 30.0 Å². The summed E-state index contributed by atoms with van der Waals surface area (Å²) in [5.41, 5.74) is -1.84. The van der Waals surface area contributed by atoms with Gasteiger partial charge >= 0.3 is 12.1 Å². The third-order valence-corrected chi connectivity index (χ3v) is 2.97. The standard InChI is InChI=1S/C13H15F4NO3/c1-12(11(19)21-3,18-7-13(15,16)17)8-4-5-10(20-2)9(14)6-8/h4-6,18H,7H2,1-3H3. The number of esters is 1. The summed E-state index contributed by atoms with van der Waals surface area (Å²) in [4.78, 5) is 11.8. The summed E-state index contributed by atoms with van der Waals surface area (Å²) < 4.78 is 60.0. The zero-order chi connectivity index (χ0) is 16.3. The van der Waals surface area contributed by atoms with Crippen molar-refractivity contribution in [2.45, 2.75) is 18.6 Å². The van der Waals surface area contributed by atoms with Gasteiger partial charge in [0.2, 0.25) is 0 Å². The molecule has 1 unspecified atom stereocenters. The number of carbonyl (C=O) groups is 1. The fraction of sp³-hybridized carbons (Fsp3) is 0.462. The smallest absolute Gasteiger partial charge is 0.401 e. The molecular weight excluding hydrogens is 294 g/mol. The molecule has 0 fully saturated rings. The van der Waals surface area contributed by atoms with Gasteiger partial charge in [0, 0.05) is 0 Å². The minimum absolute atomic E-state index is 0.00287. The van der Waals surface area contributed by atoms with Crippen molar-refractivity contribution in [1.82, 2.24) is 5.32 Å². The molecule has 21 heavy (non-hydrogen) atoms. The van der Waals surface area contributed by atoms with Gasteiger partial charge in [0.05, 0.1) is 20.8 Å². The lowest BCUT2D eigenvalue weighted by Crippen LogP contribution is -2.50. The Kier molecular flexibility index (Phi) is 5.16. The summed E-state index contributed by atoms with van der Waals surface area (Å²) in [6.07, 6.45) is -4.53. The van der Waals surface area contributed by atoms with Gasteiger partial charge in [-0.2, -0.15) is 13.2 Å². The number of methoxy groups -OCH3 is 2. The van der Waals surface area contributed by atoms with Crippen LogP contribution in [-0.2, 0) is 15.1 Å². The number of rotatable bonds is 5. The summed E-state index contributed by atoms with van der Waals surface area (Å²) in [5, 5.41) is 2.06. The highest BCUT2D eigenvalue weighted by atomic mass is 19.4. The molecule has 0 amide bonds. The highest BCUT2D eigenvalue weighted by molar-refractivity contribution is 5.82. The van der Waals surface area contributed by atoms with E-state index in [1.54, 1.807) is 0 Å². The van der Waals surface area contributed by atoms with Gasteiger partial charge in [0.15, 0.2) is 11.6 Å². The molecule has 1 atom stereocenters. The molecule has 0 aliphatic rings. The summed E-state index contributed by atoms with van der Waals surface area (Å²) in [6, 6.07) is 3.45. The van der Waals surface area contributed by atoms with Crippen LogP contribution in [0.5, 0.6) is 5.75 Å². The lowest BCUT2D eigenvalue weighted by atomic mass is 9.91. The summed E-state index contributed by atoms with van der Waals surface area (Å²) in [7, 11) is 2.29. The van der Waals surface area contributed by atoms with Crippen molar-refractivity contribution in [2.75, 3.05) is 20.8 Å². The van der Waals surface area contributed by atoms with Crippen molar-refractivity contribution in [2.24, 2.45) is 0 Å². The van der Waals surface area contributed by atoms with Crippen LogP contribution < -0.4 is 10.1 Å². The largest absolute Gasteiger partial charge is 0.494 e. The van der Waals surface area contributed by atoms with Crippen LogP contribution in [0, 0.1) is 5.82 Å². The fourth-order valence-corrected chi connectivity index (χ4v) is 1.75. The lowest BCUT2D eigenvalue weighted by molar-refractivity contribution is -0.153. The molecule has 0 aromatic heterocycles. The van der Waals surface area contributed by atoms with Crippen molar-refractivity contribution in [3.63, 3.8) is 0 Å². The fourth-order valence-electron chi connectivity index (χ4n) is 1.75. The number of alkyl halides is 3. The number of hydrogen-bond acceptors (Lipinski definition) is 4. The number of nitrogens with one attached hydrogen (secondary N) is 1. The third kappa shape index (κ3) is 4.07. The first-order chi connectivity index (χ1) is 9.64. The van der Waals surface area contributed by atoms with Crippen LogP contribution in [0.25, 0.3) is 0 Å². The molecule has 0 saturated carbocycles. The Morgan fingerprint density at radius 3 is 2.33 bits per heavy atom. The Labute approximate surface area is 119 Å².